The van der Waals surface area contributed by atoms with Gasteiger partial charge >= 0.3 is 0 Å². The molecule has 0 aromatic carbocycles. The van der Waals surface area contributed by atoms with E-state index in [-0.39, 0.29) is 25.0 Å². The molecule has 16 heavy (non-hydrogen) atoms. The molecule has 0 aromatic heterocycles. The Labute approximate surface area is 97.4 Å². The molecule has 1 atom stereocenters. The molecule has 96 valence electrons. The van der Waals surface area contributed by atoms with E-state index < -0.39 is 10.0 Å². The van der Waals surface area contributed by atoms with Crippen LogP contribution in [0.2, 0.25) is 0 Å². The minimum Gasteiger partial charge on any atom is -0.396 e. The quantitative estimate of drug-likeness (QED) is 0.702. The number of sulfonamides is 1. The standard InChI is InChI=1S/C10H21NO4S/c1-15-8-9-16(13,14)11-6-2-4-10(11)5-3-7-12/h10,12H,2-9H2,1H3. The van der Waals surface area contributed by atoms with Gasteiger partial charge in [0.15, 0.2) is 0 Å². The second kappa shape index (κ2) is 6.54. The van der Waals surface area contributed by atoms with E-state index >= 15 is 0 Å². The number of hydrogen-bond donors (Lipinski definition) is 1. The van der Waals surface area contributed by atoms with Gasteiger partial charge in [-0.05, 0) is 25.7 Å². The van der Waals surface area contributed by atoms with Crippen molar-refractivity contribution in [2.24, 2.45) is 0 Å². The van der Waals surface area contributed by atoms with E-state index in [4.69, 9.17) is 9.84 Å². The summed E-state index contributed by atoms with van der Waals surface area (Å²) in [4.78, 5) is 0. The molecular weight excluding hydrogens is 230 g/mol. The molecule has 0 aromatic rings. The zero-order valence-corrected chi connectivity index (χ0v) is 10.6. The highest BCUT2D eigenvalue weighted by molar-refractivity contribution is 7.89. The van der Waals surface area contributed by atoms with E-state index in [9.17, 15) is 8.42 Å². The number of hydrogen-bond acceptors (Lipinski definition) is 4. The van der Waals surface area contributed by atoms with E-state index in [1.165, 1.54) is 7.11 Å². The zero-order chi connectivity index (χ0) is 12.0. The highest BCUT2D eigenvalue weighted by atomic mass is 32.2. The molecule has 1 aliphatic rings. The predicted octanol–water partition coefficient (Wildman–Crippen LogP) is 0.200. The van der Waals surface area contributed by atoms with Crippen LogP contribution in [0, 0.1) is 0 Å². The van der Waals surface area contributed by atoms with E-state index in [1.54, 1.807) is 4.31 Å². The van der Waals surface area contributed by atoms with Crippen LogP contribution in [0.4, 0.5) is 0 Å². The summed E-state index contributed by atoms with van der Waals surface area (Å²) < 4.78 is 30.3. The summed E-state index contributed by atoms with van der Waals surface area (Å²) in [5, 5.41) is 8.77. The third kappa shape index (κ3) is 3.69. The van der Waals surface area contributed by atoms with Gasteiger partial charge in [-0.3, -0.25) is 0 Å². The largest absolute Gasteiger partial charge is 0.396 e. The first kappa shape index (κ1) is 13.9. The van der Waals surface area contributed by atoms with Crippen LogP contribution in [0.3, 0.4) is 0 Å². The topological polar surface area (TPSA) is 66.8 Å². The zero-order valence-electron chi connectivity index (χ0n) is 9.76. The number of ether oxygens (including phenoxy) is 1. The summed E-state index contributed by atoms with van der Waals surface area (Å²) in [6, 6.07) is 0.0778. The monoisotopic (exact) mass is 251 g/mol. The maximum Gasteiger partial charge on any atom is 0.216 e. The molecule has 1 fully saturated rings. The van der Waals surface area contributed by atoms with Crippen LogP contribution >= 0.6 is 0 Å². The molecule has 0 amide bonds. The lowest BCUT2D eigenvalue weighted by Crippen LogP contribution is -2.38. The van der Waals surface area contributed by atoms with Crippen LogP contribution in [0.5, 0.6) is 0 Å². The normalized spacial score (nSPS) is 22.8. The van der Waals surface area contributed by atoms with E-state index in [2.05, 4.69) is 0 Å². The molecule has 5 nitrogen and oxygen atoms in total. The molecule has 0 bridgehead atoms. The van der Waals surface area contributed by atoms with Gasteiger partial charge in [-0.1, -0.05) is 0 Å². The molecule has 1 aliphatic heterocycles. The third-order valence-electron chi connectivity index (χ3n) is 2.92. The minimum atomic E-state index is -3.18. The number of methoxy groups -OCH3 is 1. The van der Waals surface area contributed by atoms with Gasteiger partial charge in [0.25, 0.3) is 0 Å². The van der Waals surface area contributed by atoms with E-state index in [0.29, 0.717) is 13.0 Å². The number of nitrogens with zero attached hydrogens (tertiary/aromatic N) is 1. The van der Waals surface area contributed by atoms with Crippen LogP contribution in [0.1, 0.15) is 25.7 Å². The van der Waals surface area contributed by atoms with Crippen molar-refractivity contribution in [2.45, 2.75) is 31.7 Å². The molecule has 1 saturated heterocycles. The third-order valence-corrected chi connectivity index (χ3v) is 4.80. The Kier molecular flexibility index (Phi) is 5.68. The van der Waals surface area contributed by atoms with Crippen LogP contribution in [0.25, 0.3) is 0 Å². The fourth-order valence-corrected chi connectivity index (χ4v) is 3.78. The molecule has 1 rings (SSSR count). The van der Waals surface area contributed by atoms with Crippen molar-refractivity contribution in [3.63, 3.8) is 0 Å². The average molecular weight is 251 g/mol. The lowest BCUT2D eigenvalue weighted by Gasteiger charge is -2.23. The summed E-state index contributed by atoms with van der Waals surface area (Å²) in [5.74, 6) is 0.0547. The summed E-state index contributed by atoms with van der Waals surface area (Å²) in [5.41, 5.74) is 0. The average Bonchev–Trinajstić information content (AvgIpc) is 2.72. The molecule has 0 aliphatic carbocycles. The van der Waals surface area contributed by atoms with Gasteiger partial charge in [0.2, 0.25) is 10.0 Å². The van der Waals surface area contributed by atoms with E-state index in [1.807, 2.05) is 0 Å². The maximum atomic E-state index is 11.9. The molecular formula is C10H21NO4S. The Morgan fingerprint density at radius 3 is 2.88 bits per heavy atom. The lowest BCUT2D eigenvalue weighted by atomic mass is 10.1. The Balaban J connectivity index is 2.55. The van der Waals surface area contributed by atoms with Crippen molar-refractivity contribution in [1.29, 1.82) is 0 Å². The van der Waals surface area contributed by atoms with Crippen molar-refractivity contribution in [1.82, 2.24) is 4.31 Å². The molecule has 1 unspecified atom stereocenters. The number of rotatable bonds is 7. The maximum absolute atomic E-state index is 11.9. The van der Waals surface area contributed by atoms with Gasteiger partial charge in [0.1, 0.15) is 0 Å². The summed E-state index contributed by atoms with van der Waals surface area (Å²) in [6.45, 7) is 0.982. The van der Waals surface area contributed by atoms with Crippen molar-refractivity contribution >= 4 is 10.0 Å². The summed E-state index contributed by atoms with van der Waals surface area (Å²) in [7, 11) is -1.67. The molecule has 1 heterocycles. The highest BCUT2D eigenvalue weighted by Gasteiger charge is 2.33. The lowest BCUT2D eigenvalue weighted by molar-refractivity contribution is 0.214. The molecule has 0 saturated carbocycles. The van der Waals surface area contributed by atoms with Gasteiger partial charge in [-0.2, -0.15) is 4.31 Å². The van der Waals surface area contributed by atoms with Crippen molar-refractivity contribution in [3.05, 3.63) is 0 Å². The van der Waals surface area contributed by atoms with Crippen LogP contribution in [0.15, 0.2) is 0 Å². The molecule has 0 radical (unpaired) electrons. The Morgan fingerprint density at radius 1 is 1.50 bits per heavy atom. The van der Waals surface area contributed by atoms with E-state index in [0.717, 1.165) is 19.3 Å². The Hall–Kier alpha value is -0.170. The van der Waals surface area contributed by atoms with Crippen molar-refractivity contribution < 1.29 is 18.3 Å². The Morgan fingerprint density at radius 2 is 2.25 bits per heavy atom. The minimum absolute atomic E-state index is 0.0547. The van der Waals surface area contributed by atoms with Gasteiger partial charge in [-0.15, -0.1) is 0 Å². The first-order chi connectivity index (χ1) is 7.61. The second-order valence-electron chi connectivity index (χ2n) is 4.08. The fraction of sp³-hybridized carbons (Fsp3) is 1.00. The van der Waals surface area contributed by atoms with Crippen molar-refractivity contribution in [2.75, 3.05) is 32.6 Å². The van der Waals surface area contributed by atoms with Gasteiger partial charge in [-0.25, -0.2) is 8.42 Å². The van der Waals surface area contributed by atoms with Crippen LogP contribution < -0.4 is 0 Å². The molecule has 1 N–H and O–H groups in total. The SMILES string of the molecule is COCCS(=O)(=O)N1CCCC1CCCO. The van der Waals surface area contributed by atoms with Crippen LogP contribution in [-0.2, 0) is 14.8 Å². The van der Waals surface area contributed by atoms with Crippen LogP contribution in [-0.4, -0.2) is 56.5 Å². The second-order valence-corrected chi connectivity index (χ2v) is 6.12. The predicted molar refractivity (Wildman–Crippen MR) is 61.7 cm³/mol. The molecule has 6 heteroatoms. The highest BCUT2D eigenvalue weighted by Crippen LogP contribution is 2.24. The number of aliphatic hydroxyl groups excluding tert-OH is 1. The summed E-state index contributed by atoms with van der Waals surface area (Å²) >= 11 is 0. The Bertz CT molecular complexity index is 291. The van der Waals surface area contributed by atoms with Crippen molar-refractivity contribution in [3.8, 4) is 0 Å². The fourth-order valence-electron chi connectivity index (χ4n) is 2.10. The van der Waals surface area contributed by atoms with Gasteiger partial charge in [0.05, 0.1) is 12.4 Å². The summed E-state index contributed by atoms with van der Waals surface area (Å²) in [6.07, 6.45) is 3.25. The molecule has 0 spiro atoms. The van der Waals surface area contributed by atoms with Gasteiger partial charge in [0, 0.05) is 26.3 Å². The number of aliphatic hydroxyl groups is 1. The van der Waals surface area contributed by atoms with Gasteiger partial charge < -0.3 is 9.84 Å². The first-order valence-corrected chi connectivity index (χ1v) is 7.32. The first-order valence-electron chi connectivity index (χ1n) is 5.71. The smallest absolute Gasteiger partial charge is 0.216 e.